The maximum atomic E-state index is 12.0. The maximum absolute atomic E-state index is 12.0. The Hall–Kier alpha value is -0.610. The van der Waals surface area contributed by atoms with Gasteiger partial charge in [0.25, 0.3) is 0 Å². The number of ether oxygens (including phenoxy) is 1. The van der Waals surface area contributed by atoms with E-state index in [0.717, 1.165) is 32.1 Å². The summed E-state index contributed by atoms with van der Waals surface area (Å²) in [5.74, 6) is 0.688. The van der Waals surface area contributed by atoms with Gasteiger partial charge in [-0.05, 0) is 38.0 Å². The molecule has 4 nitrogen and oxygen atoms in total. The first-order chi connectivity index (χ1) is 9.63. The second-order valence-corrected chi connectivity index (χ2v) is 6.78. The zero-order chi connectivity index (χ0) is 14.4. The van der Waals surface area contributed by atoms with E-state index in [9.17, 15) is 4.79 Å². The molecule has 3 N–H and O–H groups in total. The Bertz CT molecular complexity index is 314. The third-order valence-corrected chi connectivity index (χ3v) is 4.91. The Morgan fingerprint density at radius 2 is 1.95 bits per heavy atom. The van der Waals surface area contributed by atoms with Crippen LogP contribution in [0.2, 0.25) is 0 Å². The highest BCUT2D eigenvalue weighted by Gasteiger charge is 2.37. The highest BCUT2D eigenvalue weighted by atomic mass is 16.5. The molecule has 2 aliphatic carbocycles. The van der Waals surface area contributed by atoms with Crippen molar-refractivity contribution in [1.82, 2.24) is 5.32 Å². The van der Waals surface area contributed by atoms with Gasteiger partial charge in [-0.1, -0.05) is 32.6 Å². The van der Waals surface area contributed by atoms with Crippen molar-refractivity contribution >= 4 is 5.91 Å². The van der Waals surface area contributed by atoms with Crippen molar-refractivity contribution in [3.8, 4) is 0 Å². The summed E-state index contributed by atoms with van der Waals surface area (Å²) >= 11 is 0. The van der Waals surface area contributed by atoms with Crippen LogP contribution in [-0.4, -0.2) is 30.7 Å². The molecule has 116 valence electrons. The number of hydrogen-bond donors (Lipinski definition) is 2. The van der Waals surface area contributed by atoms with E-state index in [4.69, 9.17) is 10.5 Å². The molecular weight excluding hydrogens is 252 g/mol. The van der Waals surface area contributed by atoms with E-state index >= 15 is 0 Å². The van der Waals surface area contributed by atoms with Crippen LogP contribution in [0, 0.1) is 5.92 Å². The molecule has 0 aromatic carbocycles. The lowest BCUT2D eigenvalue weighted by Crippen LogP contribution is -2.43. The van der Waals surface area contributed by atoms with Crippen molar-refractivity contribution < 1.29 is 9.53 Å². The Labute approximate surface area is 122 Å². The highest BCUT2D eigenvalue weighted by molar-refractivity contribution is 5.77. The fourth-order valence-electron chi connectivity index (χ4n) is 3.64. The highest BCUT2D eigenvalue weighted by Crippen LogP contribution is 2.36. The molecule has 4 heteroatoms. The van der Waals surface area contributed by atoms with Gasteiger partial charge in [0.1, 0.15) is 6.61 Å². The minimum Gasteiger partial charge on any atom is -0.364 e. The molecule has 2 rings (SSSR count). The lowest BCUT2D eigenvalue weighted by molar-refractivity contribution is -0.133. The molecule has 2 saturated carbocycles. The Morgan fingerprint density at radius 1 is 1.25 bits per heavy atom. The predicted molar refractivity (Wildman–Crippen MR) is 80.4 cm³/mol. The van der Waals surface area contributed by atoms with Crippen LogP contribution in [0.15, 0.2) is 0 Å². The summed E-state index contributed by atoms with van der Waals surface area (Å²) in [7, 11) is 0. The molecular formula is C16H30N2O2. The molecule has 1 amide bonds. The molecule has 0 saturated heterocycles. The number of hydrogen-bond acceptors (Lipinski definition) is 3. The molecule has 0 aromatic heterocycles. The second-order valence-electron chi connectivity index (χ2n) is 6.78. The first-order valence-electron chi connectivity index (χ1n) is 8.27. The van der Waals surface area contributed by atoms with Crippen molar-refractivity contribution in [2.45, 2.75) is 76.4 Å². The van der Waals surface area contributed by atoms with E-state index in [0.29, 0.717) is 18.5 Å². The lowest BCUT2D eigenvalue weighted by atomic mass is 10.0. The van der Waals surface area contributed by atoms with Crippen molar-refractivity contribution in [2.24, 2.45) is 11.7 Å². The minimum atomic E-state index is -0.250. The van der Waals surface area contributed by atoms with E-state index in [-0.39, 0.29) is 18.1 Å². The number of nitrogens with one attached hydrogen (secondary N) is 1. The van der Waals surface area contributed by atoms with Crippen molar-refractivity contribution in [3.63, 3.8) is 0 Å². The zero-order valence-electron chi connectivity index (χ0n) is 12.8. The van der Waals surface area contributed by atoms with Crippen molar-refractivity contribution in [3.05, 3.63) is 0 Å². The van der Waals surface area contributed by atoms with Crippen molar-refractivity contribution in [2.75, 3.05) is 13.2 Å². The van der Waals surface area contributed by atoms with E-state index in [1.165, 1.54) is 25.7 Å². The third kappa shape index (κ3) is 4.45. The van der Waals surface area contributed by atoms with Crippen LogP contribution in [0.25, 0.3) is 0 Å². The van der Waals surface area contributed by atoms with E-state index in [1.807, 2.05) is 0 Å². The number of rotatable bonds is 5. The van der Waals surface area contributed by atoms with Gasteiger partial charge in [0, 0.05) is 12.6 Å². The van der Waals surface area contributed by atoms with E-state index < -0.39 is 0 Å². The van der Waals surface area contributed by atoms with Crippen LogP contribution in [0.4, 0.5) is 0 Å². The molecule has 0 aromatic rings. The molecule has 0 spiro atoms. The topological polar surface area (TPSA) is 64.3 Å². The van der Waals surface area contributed by atoms with E-state index in [1.54, 1.807) is 0 Å². The van der Waals surface area contributed by atoms with Crippen LogP contribution in [-0.2, 0) is 9.53 Å². The van der Waals surface area contributed by atoms with Gasteiger partial charge in [0.15, 0.2) is 0 Å². The normalized spacial score (nSPS) is 32.0. The van der Waals surface area contributed by atoms with Gasteiger partial charge in [-0.3, -0.25) is 4.79 Å². The average Bonchev–Trinajstić information content (AvgIpc) is 2.64. The number of carbonyl (C=O) groups excluding carboxylic acids is 1. The summed E-state index contributed by atoms with van der Waals surface area (Å²) in [6.45, 7) is 2.92. The van der Waals surface area contributed by atoms with Crippen LogP contribution >= 0.6 is 0 Å². The minimum absolute atomic E-state index is 0.0317. The molecule has 0 radical (unpaired) electrons. The molecule has 2 aliphatic rings. The van der Waals surface area contributed by atoms with Gasteiger partial charge in [-0.25, -0.2) is 0 Å². The average molecular weight is 282 g/mol. The second kappa shape index (κ2) is 7.41. The summed E-state index contributed by atoms with van der Waals surface area (Å²) < 4.78 is 5.91. The molecule has 20 heavy (non-hydrogen) atoms. The molecule has 0 aliphatic heterocycles. The lowest BCUT2D eigenvalue weighted by Gasteiger charge is -2.28. The third-order valence-electron chi connectivity index (χ3n) is 4.91. The first kappa shape index (κ1) is 15.8. The summed E-state index contributed by atoms with van der Waals surface area (Å²) in [5, 5.41) is 3.13. The number of nitrogens with two attached hydrogens (primary N) is 1. The smallest absolute Gasteiger partial charge is 0.246 e. The predicted octanol–water partition coefficient (Wildman–Crippen LogP) is 2.36. The quantitative estimate of drug-likeness (QED) is 0.761. The summed E-state index contributed by atoms with van der Waals surface area (Å²) in [6, 6.07) is 0.352. The summed E-state index contributed by atoms with van der Waals surface area (Å²) in [5.41, 5.74) is 5.62. The monoisotopic (exact) mass is 282 g/mol. The van der Waals surface area contributed by atoms with Gasteiger partial charge in [-0.15, -0.1) is 0 Å². The van der Waals surface area contributed by atoms with Crippen LogP contribution in [0.5, 0.6) is 0 Å². The largest absolute Gasteiger partial charge is 0.364 e. The Morgan fingerprint density at radius 3 is 2.50 bits per heavy atom. The SMILES string of the molecule is CC1CCC(CN)(OCC(=O)NC2CCCCCC2)C1. The fourth-order valence-corrected chi connectivity index (χ4v) is 3.64. The standard InChI is InChI=1S/C16H30N2O2/c1-13-8-9-16(10-13,12-17)20-11-15(19)18-14-6-4-2-3-5-7-14/h13-14H,2-12,17H2,1H3,(H,18,19). The number of carbonyl (C=O) groups is 1. The fraction of sp³-hybridized carbons (Fsp3) is 0.938. The molecule has 0 bridgehead atoms. The summed E-state index contributed by atoms with van der Waals surface area (Å²) in [6.07, 6.45) is 10.4. The molecule has 2 atom stereocenters. The number of amides is 1. The van der Waals surface area contributed by atoms with Gasteiger partial charge >= 0.3 is 0 Å². The van der Waals surface area contributed by atoms with E-state index in [2.05, 4.69) is 12.2 Å². The van der Waals surface area contributed by atoms with Crippen LogP contribution in [0.1, 0.15) is 64.7 Å². The molecule has 0 heterocycles. The summed E-state index contributed by atoms with van der Waals surface area (Å²) in [4.78, 5) is 12.0. The first-order valence-corrected chi connectivity index (χ1v) is 8.27. The maximum Gasteiger partial charge on any atom is 0.246 e. The van der Waals surface area contributed by atoms with Gasteiger partial charge < -0.3 is 15.8 Å². The van der Waals surface area contributed by atoms with Gasteiger partial charge in [0.2, 0.25) is 5.91 Å². The Balaban J connectivity index is 1.73. The molecule has 2 fully saturated rings. The van der Waals surface area contributed by atoms with Crippen LogP contribution in [0.3, 0.4) is 0 Å². The van der Waals surface area contributed by atoms with Gasteiger partial charge in [-0.2, -0.15) is 0 Å². The van der Waals surface area contributed by atoms with Crippen molar-refractivity contribution in [1.29, 1.82) is 0 Å². The van der Waals surface area contributed by atoms with Gasteiger partial charge in [0.05, 0.1) is 5.60 Å². The zero-order valence-corrected chi connectivity index (χ0v) is 12.8. The van der Waals surface area contributed by atoms with Crippen LogP contribution < -0.4 is 11.1 Å². The molecule has 2 unspecified atom stereocenters. The Kier molecular flexibility index (Phi) is 5.85.